The van der Waals surface area contributed by atoms with Crippen LogP contribution in [0.1, 0.15) is 17.4 Å². The highest BCUT2D eigenvalue weighted by atomic mass is 16.1. The molecule has 0 radical (unpaired) electrons. The lowest BCUT2D eigenvalue weighted by molar-refractivity contribution is 0.101. The first-order chi connectivity index (χ1) is 5.24. The van der Waals surface area contributed by atoms with Crippen LogP contribution in [0.2, 0.25) is 0 Å². The predicted octanol–water partition coefficient (Wildman–Crippen LogP) is 0.667. The summed E-state index contributed by atoms with van der Waals surface area (Å²) in [6, 6.07) is 0. The summed E-state index contributed by atoms with van der Waals surface area (Å²) in [4.78, 5) is 12.1. The van der Waals surface area contributed by atoms with E-state index < -0.39 is 0 Å². The molecule has 1 rings (SSSR count). The van der Waals surface area contributed by atoms with E-state index in [-0.39, 0.29) is 5.78 Å². The third-order valence-electron chi connectivity index (χ3n) is 1.19. The number of allylic oxidation sites excluding steroid dienone is 1. The zero-order valence-corrected chi connectivity index (χ0v) is 6.32. The van der Waals surface area contributed by atoms with E-state index in [1.54, 1.807) is 6.08 Å². The summed E-state index contributed by atoms with van der Waals surface area (Å²) in [7, 11) is 0. The van der Waals surface area contributed by atoms with Crippen LogP contribution in [0.4, 0.5) is 0 Å². The molecule has 0 fully saturated rings. The Morgan fingerprint density at radius 3 is 3.09 bits per heavy atom. The average molecular weight is 151 g/mol. The van der Waals surface area contributed by atoms with Crippen LogP contribution >= 0.6 is 0 Å². The first-order valence-corrected chi connectivity index (χ1v) is 3.26. The summed E-state index contributed by atoms with van der Waals surface area (Å²) in [5, 5.41) is 7.72. The minimum absolute atomic E-state index is 0.0692. The molecule has 0 N–H and O–H groups in total. The number of carbonyl (C=O) groups excluding carboxylic acids is 1. The summed E-state index contributed by atoms with van der Waals surface area (Å²) in [6.07, 6.45) is 3.12. The molecular formula is C7H9N3O. The number of nitrogens with zero attached hydrogens (tertiary/aromatic N) is 3. The lowest BCUT2D eigenvalue weighted by atomic mass is 10.3. The number of rotatable bonds is 3. The Kier molecular flexibility index (Phi) is 2.15. The van der Waals surface area contributed by atoms with Gasteiger partial charge < -0.3 is 0 Å². The van der Waals surface area contributed by atoms with Crippen molar-refractivity contribution in [1.29, 1.82) is 0 Å². The van der Waals surface area contributed by atoms with Crippen LogP contribution in [0.3, 0.4) is 0 Å². The van der Waals surface area contributed by atoms with Crippen molar-refractivity contribution >= 4 is 5.78 Å². The number of hydrogen-bond acceptors (Lipinski definition) is 3. The van der Waals surface area contributed by atoms with Crippen molar-refractivity contribution < 1.29 is 4.79 Å². The van der Waals surface area contributed by atoms with E-state index in [1.165, 1.54) is 17.9 Å². The maximum atomic E-state index is 10.7. The number of carbonyl (C=O) groups is 1. The van der Waals surface area contributed by atoms with Gasteiger partial charge in [-0.3, -0.25) is 4.79 Å². The van der Waals surface area contributed by atoms with E-state index in [4.69, 9.17) is 0 Å². The monoisotopic (exact) mass is 151 g/mol. The van der Waals surface area contributed by atoms with E-state index in [0.717, 1.165) is 0 Å². The average Bonchev–Trinajstić information content (AvgIpc) is 2.37. The molecule has 0 spiro atoms. The van der Waals surface area contributed by atoms with E-state index in [1.807, 2.05) is 0 Å². The SMILES string of the molecule is C=CCn1ncc(C(C)=O)n1. The maximum absolute atomic E-state index is 10.7. The first-order valence-electron chi connectivity index (χ1n) is 3.26. The lowest BCUT2D eigenvalue weighted by Gasteiger charge is -1.89. The van der Waals surface area contributed by atoms with Gasteiger partial charge in [-0.1, -0.05) is 6.08 Å². The van der Waals surface area contributed by atoms with Crippen molar-refractivity contribution in [2.24, 2.45) is 0 Å². The van der Waals surface area contributed by atoms with E-state index in [0.29, 0.717) is 12.2 Å². The van der Waals surface area contributed by atoms with Crippen molar-refractivity contribution in [3.05, 3.63) is 24.5 Å². The fraction of sp³-hybridized carbons (Fsp3) is 0.286. The molecule has 1 aromatic rings. The van der Waals surface area contributed by atoms with Gasteiger partial charge in [-0.2, -0.15) is 9.90 Å². The van der Waals surface area contributed by atoms with E-state index in [9.17, 15) is 4.79 Å². The molecular weight excluding hydrogens is 142 g/mol. The van der Waals surface area contributed by atoms with Crippen LogP contribution in [0.15, 0.2) is 18.9 Å². The van der Waals surface area contributed by atoms with Gasteiger partial charge in [0.1, 0.15) is 5.69 Å². The topological polar surface area (TPSA) is 47.8 Å². The Bertz CT molecular complexity index is 277. The Morgan fingerprint density at radius 2 is 2.64 bits per heavy atom. The molecule has 0 bridgehead atoms. The zero-order valence-electron chi connectivity index (χ0n) is 6.32. The maximum Gasteiger partial charge on any atom is 0.181 e. The summed E-state index contributed by atoms with van der Waals surface area (Å²) >= 11 is 0. The Labute approximate surface area is 64.5 Å². The molecule has 4 nitrogen and oxygen atoms in total. The van der Waals surface area contributed by atoms with Crippen LogP contribution in [-0.4, -0.2) is 20.8 Å². The van der Waals surface area contributed by atoms with Crippen LogP contribution in [0, 0.1) is 0 Å². The summed E-state index contributed by atoms with van der Waals surface area (Å²) < 4.78 is 0. The number of ketones is 1. The minimum atomic E-state index is -0.0692. The van der Waals surface area contributed by atoms with Crippen molar-refractivity contribution in [3.8, 4) is 0 Å². The molecule has 1 heterocycles. The normalized spacial score (nSPS) is 9.55. The van der Waals surface area contributed by atoms with Gasteiger partial charge in [0.2, 0.25) is 0 Å². The lowest BCUT2D eigenvalue weighted by Crippen LogP contribution is -2.01. The number of aromatic nitrogens is 3. The second-order valence-corrected chi connectivity index (χ2v) is 2.13. The minimum Gasteiger partial charge on any atom is -0.293 e. The van der Waals surface area contributed by atoms with Crippen molar-refractivity contribution in [3.63, 3.8) is 0 Å². The second-order valence-electron chi connectivity index (χ2n) is 2.13. The highest BCUT2D eigenvalue weighted by Gasteiger charge is 2.02. The molecule has 0 aliphatic rings. The third kappa shape index (κ3) is 1.73. The molecule has 0 saturated heterocycles. The molecule has 0 aliphatic heterocycles. The second kappa shape index (κ2) is 3.09. The molecule has 0 aliphatic carbocycles. The van der Waals surface area contributed by atoms with Crippen LogP contribution in [0.5, 0.6) is 0 Å². The molecule has 1 aromatic heterocycles. The highest BCUT2D eigenvalue weighted by molar-refractivity contribution is 5.91. The molecule has 0 amide bonds. The third-order valence-corrected chi connectivity index (χ3v) is 1.19. The smallest absolute Gasteiger partial charge is 0.181 e. The van der Waals surface area contributed by atoms with Gasteiger partial charge in [-0.05, 0) is 0 Å². The molecule has 0 atom stereocenters. The van der Waals surface area contributed by atoms with E-state index in [2.05, 4.69) is 16.8 Å². The largest absolute Gasteiger partial charge is 0.293 e. The fourth-order valence-corrected chi connectivity index (χ4v) is 0.662. The summed E-state index contributed by atoms with van der Waals surface area (Å²) in [5.41, 5.74) is 0.395. The van der Waals surface area contributed by atoms with Crippen LogP contribution in [0.25, 0.3) is 0 Å². The molecule has 0 unspecified atom stereocenters. The summed E-state index contributed by atoms with van der Waals surface area (Å²) in [5.74, 6) is -0.0692. The van der Waals surface area contributed by atoms with Gasteiger partial charge >= 0.3 is 0 Å². The van der Waals surface area contributed by atoms with Crippen molar-refractivity contribution in [1.82, 2.24) is 15.0 Å². The van der Waals surface area contributed by atoms with Gasteiger partial charge in [-0.25, -0.2) is 0 Å². The zero-order chi connectivity index (χ0) is 8.27. The molecule has 4 heteroatoms. The van der Waals surface area contributed by atoms with E-state index >= 15 is 0 Å². The Hall–Kier alpha value is -1.45. The molecule has 0 aromatic carbocycles. The molecule has 58 valence electrons. The van der Waals surface area contributed by atoms with Gasteiger partial charge in [0.15, 0.2) is 5.78 Å². The first kappa shape index (κ1) is 7.65. The van der Waals surface area contributed by atoms with Crippen molar-refractivity contribution in [2.75, 3.05) is 0 Å². The predicted molar refractivity (Wildman–Crippen MR) is 40.2 cm³/mol. The van der Waals surface area contributed by atoms with Gasteiger partial charge in [0.05, 0.1) is 12.7 Å². The standard InChI is InChI=1S/C7H9N3O/c1-3-4-10-8-5-7(9-10)6(2)11/h3,5H,1,4H2,2H3. The van der Waals surface area contributed by atoms with Gasteiger partial charge in [0, 0.05) is 6.92 Å². The number of Topliss-reactive ketones (excluding diaryl/α,β-unsaturated/α-hetero) is 1. The highest BCUT2D eigenvalue weighted by Crippen LogP contribution is 1.92. The molecule has 11 heavy (non-hydrogen) atoms. The van der Waals surface area contributed by atoms with Gasteiger partial charge in [0.25, 0.3) is 0 Å². The van der Waals surface area contributed by atoms with Crippen LogP contribution in [-0.2, 0) is 6.54 Å². The fourth-order valence-electron chi connectivity index (χ4n) is 0.662. The van der Waals surface area contributed by atoms with Crippen molar-refractivity contribution in [2.45, 2.75) is 13.5 Å². The Balaban J connectivity index is 2.81. The Morgan fingerprint density at radius 1 is 1.91 bits per heavy atom. The van der Waals surface area contributed by atoms with Gasteiger partial charge in [-0.15, -0.1) is 11.7 Å². The quantitative estimate of drug-likeness (QED) is 0.471. The molecule has 0 saturated carbocycles. The van der Waals surface area contributed by atoms with Crippen LogP contribution < -0.4 is 0 Å². The number of hydrogen-bond donors (Lipinski definition) is 0. The summed E-state index contributed by atoms with van der Waals surface area (Å²) in [6.45, 7) is 5.52.